The highest BCUT2D eigenvalue weighted by Gasteiger charge is 2.31. The molecule has 0 radical (unpaired) electrons. The number of nitrogens with zero attached hydrogens (tertiary/aromatic N) is 3. The molecule has 5 nitrogen and oxygen atoms in total. The lowest BCUT2D eigenvalue weighted by molar-refractivity contribution is -0.274. The van der Waals surface area contributed by atoms with Crippen LogP contribution in [0, 0.1) is 0 Å². The van der Waals surface area contributed by atoms with Gasteiger partial charge in [-0.1, -0.05) is 0 Å². The molecule has 9 heteroatoms. The predicted octanol–water partition coefficient (Wildman–Crippen LogP) is 4.58. The minimum Gasteiger partial charge on any atom is -0.481 e. The smallest absolute Gasteiger partial charge is 0.481 e. The number of hydrogen-bond donors (Lipinski definition) is 0. The Balaban J connectivity index is 1.97. The van der Waals surface area contributed by atoms with E-state index in [0.717, 1.165) is 0 Å². The first-order valence-corrected chi connectivity index (χ1v) is 7.94. The molecule has 0 spiro atoms. The molecule has 0 aliphatic heterocycles. The third-order valence-electron chi connectivity index (χ3n) is 3.45. The highest BCUT2D eigenvalue weighted by molar-refractivity contribution is 6.16. The number of pyridine rings is 1. The second-order valence-corrected chi connectivity index (χ2v) is 5.46. The third kappa shape index (κ3) is 4.08. The van der Waals surface area contributed by atoms with Gasteiger partial charge in [0, 0.05) is 17.8 Å². The van der Waals surface area contributed by atoms with E-state index in [2.05, 4.69) is 14.7 Å². The van der Waals surface area contributed by atoms with Gasteiger partial charge >= 0.3 is 6.36 Å². The topological polar surface area (TPSA) is 49.2 Å². The molecule has 2 aromatic heterocycles. The van der Waals surface area contributed by atoms with Gasteiger partial charge in [0.1, 0.15) is 11.6 Å². The van der Waals surface area contributed by atoms with Crippen LogP contribution in [0.25, 0.3) is 17.1 Å². The molecular formula is C17H13ClF3N3O2. The Labute approximate surface area is 152 Å². The molecule has 26 heavy (non-hydrogen) atoms. The lowest BCUT2D eigenvalue weighted by atomic mass is 10.2. The quantitative estimate of drug-likeness (QED) is 0.605. The highest BCUT2D eigenvalue weighted by atomic mass is 35.5. The summed E-state index contributed by atoms with van der Waals surface area (Å²) in [6.07, 6.45) is -1.39. The van der Waals surface area contributed by atoms with E-state index in [-0.39, 0.29) is 11.6 Å². The average Bonchev–Trinajstić information content (AvgIpc) is 3.05. The van der Waals surface area contributed by atoms with Crippen LogP contribution in [0.5, 0.6) is 11.6 Å². The standard InChI is InChI=1S/C17H13ClF3N3O2/c1-25-15-7-4-13(9-22-15)24-10-12(8-18)23-16(24)11-2-5-14(6-3-11)26-17(19,20)21/h2-7,9-10H,8H2,1H3. The van der Waals surface area contributed by atoms with Crippen molar-refractivity contribution in [3.63, 3.8) is 0 Å². The largest absolute Gasteiger partial charge is 0.573 e. The van der Waals surface area contributed by atoms with Crippen molar-refractivity contribution in [3.8, 4) is 28.7 Å². The summed E-state index contributed by atoms with van der Waals surface area (Å²) in [6, 6.07) is 8.93. The SMILES string of the molecule is COc1ccc(-n2cc(CCl)nc2-c2ccc(OC(F)(F)F)cc2)cn1. The summed E-state index contributed by atoms with van der Waals surface area (Å²) in [5.41, 5.74) is 1.93. The molecule has 0 fully saturated rings. The number of benzene rings is 1. The first-order valence-electron chi connectivity index (χ1n) is 7.40. The number of rotatable bonds is 5. The van der Waals surface area contributed by atoms with Crippen LogP contribution in [0.15, 0.2) is 48.8 Å². The summed E-state index contributed by atoms with van der Waals surface area (Å²) in [5, 5.41) is 0. The van der Waals surface area contributed by atoms with E-state index in [1.807, 2.05) is 0 Å². The summed E-state index contributed by atoms with van der Waals surface area (Å²) >= 11 is 5.88. The summed E-state index contributed by atoms with van der Waals surface area (Å²) in [4.78, 5) is 8.58. The van der Waals surface area contributed by atoms with Gasteiger partial charge in [-0.3, -0.25) is 4.57 Å². The molecule has 2 heterocycles. The zero-order valence-corrected chi connectivity index (χ0v) is 14.3. The predicted molar refractivity (Wildman–Crippen MR) is 89.6 cm³/mol. The van der Waals surface area contributed by atoms with Crippen molar-refractivity contribution in [1.29, 1.82) is 0 Å². The van der Waals surface area contributed by atoms with Gasteiger partial charge in [-0.15, -0.1) is 24.8 Å². The minimum absolute atomic E-state index is 0.193. The number of ether oxygens (including phenoxy) is 2. The summed E-state index contributed by atoms with van der Waals surface area (Å²) in [6.45, 7) is 0. The molecule has 0 aliphatic rings. The number of imidazole rings is 1. The van der Waals surface area contributed by atoms with Crippen LogP contribution >= 0.6 is 11.6 Å². The van der Waals surface area contributed by atoms with Gasteiger partial charge in [-0.25, -0.2) is 9.97 Å². The maximum Gasteiger partial charge on any atom is 0.573 e. The second kappa shape index (κ2) is 7.25. The van der Waals surface area contributed by atoms with Crippen molar-refractivity contribution in [1.82, 2.24) is 14.5 Å². The normalized spacial score (nSPS) is 11.4. The van der Waals surface area contributed by atoms with Crippen molar-refractivity contribution in [2.45, 2.75) is 12.2 Å². The molecule has 3 aromatic rings. The molecule has 0 atom stereocenters. The first kappa shape index (κ1) is 18.1. The van der Waals surface area contributed by atoms with Crippen LogP contribution in [-0.4, -0.2) is 28.0 Å². The Morgan fingerprint density at radius 3 is 2.38 bits per heavy atom. The van der Waals surface area contributed by atoms with E-state index in [1.165, 1.54) is 31.4 Å². The summed E-state index contributed by atoms with van der Waals surface area (Å²) in [5.74, 6) is 0.870. The second-order valence-electron chi connectivity index (χ2n) is 5.19. The van der Waals surface area contributed by atoms with Crippen LogP contribution < -0.4 is 9.47 Å². The molecule has 0 saturated heterocycles. The zero-order chi connectivity index (χ0) is 18.7. The lowest BCUT2D eigenvalue weighted by Crippen LogP contribution is -2.16. The van der Waals surface area contributed by atoms with Crippen LogP contribution in [0.3, 0.4) is 0 Å². The van der Waals surface area contributed by atoms with E-state index in [9.17, 15) is 13.2 Å². The molecule has 0 saturated carbocycles. The summed E-state index contributed by atoms with van der Waals surface area (Å²) in [7, 11) is 1.51. The molecule has 0 N–H and O–H groups in total. The van der Waals surface area contributed by atoms with Gasteiger partial charge in [0.05, 0.1) is 30.6 Å². The third-order valence-corrected chi connectivity index (χ3v) is 3.72. The molecule has 0 unspecified atom stereocenters. The van der Waals surface area contributed by atoms with E-state index in [4.69, 9.17) is 16.3 Å². The van der Waals surface area contributed by atoms with Gasteiger partial charge in [0.25, 0.3) is 0 Å². The Hall–Kier alpha value is -2.74. The Morgan fingerprint density at radius 1 is 1.12 bits per heavy atom. The Kier molecular flexibility index (Phi) is 5.03. The number of alkyl halides is 4. The molecule has 0 aliphatic carbocycles. The van der Waals surface area contributed by atoms with Crippen LogP contribution in [0.2, 0.25) is 0 Å². The van der Waals surface area contributed by atoms with Crippen molar-refractivity contribution >= 4 is 11.6 Å². The van der Waals surface area contributed by atoms with Crippen molar-refractivity contribution in [3.05, 3.63) is 54.5 Å². The Morgan fingerprint density at radius 2 is 1.85 bits per heavy atom. The number of aromatic nitrogens is 3. The maximum atomic E-state index is 12.3. The van der Waals surface area contributed by atoms with Crippen molar-refractivity contribution < 1.29 is 22.6 Å². The Bertz CT molecular complexity index is 878. The fraction of sp³-hybridized carbons (Fsp3) is 0.176. The van der Waals surface area contributed by atoms with Gasteiger partial charge in [0.15, 0.2) is 0 Å². The number of halogens is 4. The minimum atomic E-state index is -4.74. The van der Waals surface area contributed by atoms with E-state index in [1.54, 1.807) is 29.1 Å². The maximum absolute atomic E-state index is 12.3. The van der Waals surface area contributed by atoms with E-state index >= 15 is 0 Å². The average molecular weight is 384 g/mol. The monoisotopic (exact) mass is 383 g/mol. The van der Waals surface area contributed by atoms with Gasteiger partial charge in [-0.05, 0) is 30.3 Å². The molecule has 3 rings (SSSR count). The van der Waals surface area contributed by atoms with Crippen LogP contribution in [-0.2, 0) is 5.88 Å². The zero-order valence-electron chi connectivity index (χ0n) is 13.5. The fourth-order valence-electron chi connectivity index (χ4n) is 2.34. The first-order chi connectivity index (χ1) is 12.4. The van der Waals surface area contributed by atoms with Crippen molar-refractivity contribution in [2.75, 3.05) is 7.11 Å². The summed E-state index contributed by atoms with van der Waals surface area (Å²) < 4.78 is 47.5. The van der Waals surface area contributed by atoms with Crippen molar-refractivity contribution in [2.24, 2.45) is 0 Å². The number of hydrogen-bond acceptors (Lipinski definition) is 4. The molecular weight excluding hydrogens is 371 g/mol. The van der Waals surface area contributed by atoms with Gasteiger partial charge < -0.3 is 9.47 Å². The van der Waals surface area contributed by atoms with Crippen LogP contribution in [0.1, 0.15) is 5.69 Å². The highest BCUT2D eigenvalue weighted by Crippen LogP contribution is 2.28. The van der Waals surface area contributed by atoms with E-state index in [0.29, 0.717) is 28.6 Å². The lowest BCUT2D eigenvalue weighted by Gasteiger charge is -2.10. The van der Waals surface area contributed by atoms with Crippen LogP contribution in [0.4, 0.5) is 13.2 Å². The molecule has 0 bridgehead atoms. The molecule has 1 aromatic carbocycles. The van der Waals surface area contributed by atoms with Gasteiger partial charge in [-0.2, -0.15) is 0 Å². The molecule has 136 valence electrons. The molecule has 0 amide bonds. The van der Waals surface area contributed by atoms with E-state index < -0.39 is 6.36 Å². The van der Waals surface area contributed by atoms with Gasteiger partial charge in [0.2, 0.25) is 5.88 Å². The fourth-order valence-corrected chi connectivity index (χ4v) is 2.46. The number of methoxy groups -OCH3 is 1.